The number of nitrogens with zero attached hydrogens (tertiary/aromatic N) is 5. The van der Waals surface area contributed by atoms with Crippen molar-refractivity contribution in [2.24, 2.45) is 10.9 Å². The topological polar surface area (TPSA) is 94.2 Å². The number of aromatic nitrogens is 4. The molecule has 0 atom stereocenters. The van der Waals surface area contributed by atoms with E-state index < -0.39 is 0 Å². The third-order valence-electron chi connectivity index (χ3n) is 3.48. The lowest BCUT2D eigenvalue weighted by molar-refractivity contribution is 0.318. The SMILES string of the molecule is CCn1ncnc1Cn1ccc2cc(/C(N)=N/O)ccc21. The standard InChI is InChI=1S/C14H16N6O/c1-2-20-13(16-9-17-20)8-19-6-5-10-7-11(14(15)18-21)3-4-12(10)19/h3-7,9,21H,2,8H2,1H3,(H2,15,18). The normalized spacial score (nSPS) is 12.1. The van der Waals surface area contributed by atoms with Crippen molar-refractivity contribution in [2.75, 3.05) is 0 Å². The van der Waals surface area contributed by atoms with Crippen molar-refractivity contribution in [1.29, 1.82) is 0 Å². The van der Waals surface area contributed by atoms with Crippen LogP contribution in [-0.4, -0.2) is 30.4 Å². The van der Waals surface area contributed by atoms with Crippen LogP contribution in [0.2, 0.25) is 0 Å². The third-order valence-corrected chi connectivity index (χ3v) is 3.48. The van der Waals surface area contributed by atoms with Crippen LogP contribution in [-0.2, 0) is 13.1 Å². The summed E-state index contributed by atoms with van der Waals surface area (Å²) in [5.41, 5.74) is 7.37. The Kier molecular flexibility index (Phi) is 3.31. The van der Waals surface area contributed by atoms with Gasteiger partial charge >= 0.3 is 0 Å². The Morgan fingerprint density at radius 2 is 2.24 bits per heavy atom. The van der Waals surface area contributed by atoms with Gasteiger partial charge in [-0.3, -0.25) is 0 Å². The zero-order valence-corrected chi connectivity index (χ0v) is 11.6. The minimum atomic E-state index is 0.107. The molecule has 2 aromatic heterocycles. The fourth-order valence-corrected chi connectivity index (χ4v) is 2.38. The van der Waals surface area contributed by atoms with Gasteiger partial charge in [-0.05, 0) is 31.2 Å². The summed E-state index contributed by atoms with van der Waals surface area (Å²) < 4.78 is 3.97. The van der Waals surface area contributed by atoms with Crippen LogP contribution in [0.15, 0.2) is 41.9 Å². The lowest BCUT2D eigenvalue weighted by atomic mass is 10.1. The molecule has 7 nitrogen and oxygen atoms in total. The van der Waals surface area contributed by atoms with Gasteiger partial charge in [0.2, 0.25) is 0 Å². The van der Waals surface area contributed by atoms with Crippen molar-refractivity contribution in [1.82, 2.24) is 19.3 Å². The summed E-state index contributed by atoms with van der Waals surface area (Å²) in [5, 5.41) is 17.0. The highest BCUT2D eigenvalue weighted by molar-refractivity contribution is 6.00. The summed E-state index contributed by atoms with van der Waals surface area (Å²) in [6, 6.07) is 7.68. The average Bonchev–Trinajstić information content (AvgIpc) is 3.13. The van der Waals surface area contributed by atoms with Crippen LogP contribution in [0, 0.1) is 0 Å². The highest BCUT2D eigenvalue weighted by Gasteiger charge is 2.08. The lowest BCUT2D eigenvalue weighted by Gasteiger charge is -2.07. The van der Waals surface area contributed by atoms with E-state index in [2.05, 4.69) is 19.8 Å². The van der Waals surface area contributed by atoms with Crippen molar-refractivity contribution in [2.45, 2.75) is 20.0 Å². The summed E-state index contributed by atoms with van der Waals surface area (Å²) in [5.74, 6) is 1.02. The molecular formula is C14H16N6O. The molecule has 1 aromatic carbocycles. The summed E-state index contributed by atoms with van der Waals surface area (Å²) in [7, 11) is 0. The average molecular weight is 284 g/mol. The molecule has 0 aliphatic heterocycles. The second-order valence-corrected chi connectivity index (χ2v) is 4.69. The Bertz CT molecular complexity index is 801. The molecular weight excluding hydrogens is 268 g/mol. The van der Waals surface area contributed by atoms with Crippen molar-refractivity contribution < 1.29 is 5.21 Å². The predicted molar refractivity (Wildman–Crippen MR) is 79.2 cm³/mol. The van der Waals surface area contributed by atoms with E-state index in [0.29, 0.717) is 12.1 Å². The fourth-order valence-electron chi connectivity index (χ4n) is 2.38. The van der Waals surface area contributed by atoms with Gasteiger partial charge in [0.1, 0.15) is 12.2 Å². The van der Waals surface area contributed by atoms with E-state index in [4.69, 9.17) is 10.9 Å². The molecule has 21 heavy (non-hydrogen) atoms. The predicted octanol–water partition coefficient (Wildman–Crippen LogP) is 1.40. The quantitative estimate of drug-likeness (QED) is 0.328. The Morgan fingerprint density at radius 3 is 3.00 bits per heavy atom. The van der Waals surface area contributed by atoms with Crippen LogP contribution >= 0.6 is 0 Å². The molecule has 0 aliphatic carbocycles. The van der Waals surface area contributed by atoms with E-state index in [1.54, 1.807) is 6.33 Å². The van der Waals surface area contributed by atoms with Gasteiger partial charge in [-0.25, -0.2) is 9.67 Å². The summed E-state index contributed by atoms with van der Waals surface area (Å²) in [6.07, 6.45) is 3.57. The Morgan fingerprint density at radius 1 is 1.38 bits per heavy atom. The van der Waals surface area contributed by atoms with E-state index in [1.165, 1.54) is 0 Å². The first-order valence-electron chi connectivity index (χ1n) is 6.66. The zero-order valence-electron chi connectivity index (χ0n) is 11.6. The minimum Gasteiger partial charge on any atom is -0.409 e. The number of amidine groups is 1. The summed E-state index contributed by atoms with van der Waals surface area (Å²) in [6.45, 7) is 3.48. The molecule has 0 aliphatic rings. The van der Waals surface area contributed by atoms with Crippen molar-refractivity contribution in [3.8, 4) is 0 Å². The first-order valence-corrected chi connectivity index (χ1v) is 6.66. The van der Waals surface area contributed by atoms with Crippen molar-refractivity contribution in [3.05, 3.63) is 48.2 Å². The van der Waals surface area contributed by atoms with Crippen LogP contribution < -0.4 is 5.73 Å². The number of hydrogen-bond acceptors (Lipinski definition) is 4. The number of fused-ring (bicyclic) bond motifs is 1. The van der Waals surface area contributed by atoms with E-state index in [-0.39, 0.29) is 5.84 Å². The number of hydrogen-bond donors (Lipinski definition) is 2. The van der Waals surface area contributed by atoms with Gasteiger partial charge in [0.25, 0.3) is 0 Å². The van der Waals surface area contributed by atoms with Crippen LogP contribution in [0.5, 0.6) is 0 Å². The van der Waals surface area contributed by atoms with Crippen LogP contribution in [0.4, 0.5) is 0 Å². The van der Waals surface area contributed by atoms with Crippen LogP contribution in [0.1, 0.15) is 18.3 Å². The maximum atomic E-state index is 8.73. The molecule has 7 heteroatoms. The molecule has 0 saturated carbocycles. The van der Waals surface area contributed by atoms with Gasteiger partial charge < -0.3 is 15.5 Å². The minimum absolute atomic E-state index is 0.107. The molecule has 0 fully saturated rings. The summed E-state index contributed by atoms with van der Waals surface area (Å²) >= 11 is 0. The number of nitrogens with two attached hydrogens (primary N) is 1. The van der Waals surface area contributed by atoms with Gasteiger partial charge in [-0.1, -0.05) is 5.16 Å². The van der Waals surface area contributed by atoms with Gasteiger partial charge in [-0.15, -0.1) is 0 Å². The number of benzene rings is 1. The molecule has 3 rings (SSSR count). The number of oxime groups is 1. The van der Waals surface area contributed by atoms with Crippen molar-refractivity contribution >= 4 is 16.7 Å². The van der Waals surface area contributed by atoms with Gasteiger partial charge in [0.05, 0.1) is 6.54 Å². The molecule has 0 amide bonds. The highest BCUT2D eigenvalue weighted by Crippen LogP contribution is 2.18. The fraction of sp³-hybridized carbons (Fsp3) is 0.214. The molecule has 3 N–H and O–H groups in total. The van der Waals surface area contributed by atoms with Gasteiger partial charge in [-0.2, -0.15) is 5.10 Å². The smallest absolute Gasteiger partial charge is 0.170 e. The van der Waals surface area contributed by atoms with Gasteiger partial charge in [0.15, 0.2) is 5.84 Å². The first kappa shape index (κ1) is 13.2. The number of aryl methyl sites for hydroxylation is 1. The molecule has 0 spiro atoms. The number of rotatable bonds is 4. The molecule has 108 valence electrons. The van der Waals surface area contributed by atoms with E-state index >= 15 is 0 Å². The van der Waals surface area contributed by atoms with E-state index in [0.717, 1.165) is 23.3 Å². The molecule has 0 radical (unpaired) electrons. The largest absolute Gasteiger partial charge is 0.409 e. The Hall–Kier alpha value is -2.83. The van der Waals surface area contributed by atoms with Gasteiger partial charge in [0, 0.05) is 29.2 Å². The Labute approximate surface area is 121 Å². The van der Waals surface area contributed by atoms with Crippen LogP contribution in [0.25, 0.3) is 10.9 Å². The second kappa shape index (κ2) is 5.28. The molecule has 0 bridgehead atoms. The maximum absolute atomic E-state index is 8.73. The van der Waals surface area contributed by atoms with E-state index in [9.17, 15) is 0 Å². The molecule has 0 unspecified atom stereocenters. The molecule has 3 aromatic rings. The first-order chi connectivity index (χ1) is 10.2. The lowest BCUT2D eigenvalue weighted by Crippen LogP contribution is -2.12. The highest BCUT2D eigenvalue weighted by atomic mass is 16.4. The third kappa shape index (κ3) is 2.33. The zero-order chi connectivity index (χ0) is 14.8. The van der Waals surface area contributed by atoms with Crippen LogP contribution in [0.3, 0.4) is 0 Å². The monoisotopic (exact) mass is 284 g/mol. The maximum Gasteiger partial charge on any atom is 0.170 e. The Balaban J connectivity index is 1.97. The summed E-state index contributed by atoms with van der Waals surface area (Å²) in [4.78, 5) is 4.29. The molecule has 0 saturated heterocycles. The van der Waals surface area contributed by atoms with E-state index in [1.807, 2.05) is 42.1 Å². The molecule has 2 heterocycles. The van der Waals surface area contributed by atoms with Crippen molar-refractivity contribution in [3.63, 3.8) is 0 Å². The second-order valence-electron chi connectivity index (χ2n) is 4.69.